The molecular weight excluding hydrogens is 220 g/mol. The van der Waals surface area contributed by atoms with Crippen molar-refractivity contribution in [2.45, 2.75) is 31.3 Å². The van der Waals surface area contributed by atoms with Gasteiger partial charge in [0.05, 0.1) is 0 Å². The van der Waals surface area contributed by atoms with Gasteiger partial charge in [0.15, 0.2) is 0 Å². The van der Waals surface area contributed by atoms with E-state index in [1.807, 2.05) is 0 Å². The Balaban J connectivity index is 1.55. The van der Waals surface area contributed by atoms with Crippen molar-refractivity contribution in [3.63, 3.8) is 0 Å². The Hall–Kier alpha value is -1.12. The zero-order valence-corrected chi connectivity index (χ0v) is 10.9. The van der Waals surface area contributed by atoms with E-state index in [1.165, 1.54) is 37.9 Å². The summed E-state index contributed by atoms with van der Waals surface area (Å²) in [4.78, 5) is 2.58. The minimum absolute atomic E-state index is 0.405. The van der Waals surface area contributed by atoms with Gasteiger partial charge in [-0.2, -0.15) is 0 Å². The third kappa shape index (κ3) is 2.65. The van der Waals surface area contributed by atoms with Crippen molar-refractivity contribution < 1.29 is 0 Å². The maximum absolute atomic E-state index is 3.71. The Bertz CT molecular complexity index is 402. The second kappa shape index (κ2) is 5.25. The molecule has 0 radical (unpaired) electrons. The molecular formula is C16H22N2. The van der Waals surface area contributed by atoms with E-state index in [0.717, 1.165) is 13.1 Å². The highest BCUT2D eigenvalue weighted by atomic mass is 15.2. The summed E-state index contributed by atoms with van der Waals surface area (Å²) < 4.78 is 0. The van der Waals surface area contributed by atoms with Crippen LogP contribution in [0.5, 0.6) is 0 Å². The normalized spacial score (nSPS) is 23.3. The van der Waals surface area contributed by atoms with Crippen molar-refractivity contribution in [1.82, 2.24) is 10.2 Å². The monoisotopic (exact) mass is 242 g/mol. The van der Waals surface area contributed by atoms with Gasteiger partial charge in [-0.1, -0.05) is 42.5 Å². The standard InChI is InChI=1S/C16H22N2/c1-2-6-15(7-3-1)14-18-12-9-16(10-13-18)8-4-5-11-17-16/h1-7,17H,8-14H2. The number of hydrogen-bond donors (Lipinski definition) is 1. The van der Waals surface area contributed by atoms with Crippen LogP contribution in [0.1, 0.15) is 24.8 Å². The molecule has 0 saturated carbocycles. The van der Waals surface area contributed by atoms with E-state index >= 15 is 0 Å². The van der Waals surface area contributed by atoms with Gasteiger partial charge in [-0.25, -0.2) is 0 Å². The topological polar surface area (TPSA) is 15.3 Å². The lowest BCUT2D eigenvalue weighted by Crippen LogP contribution is -2.54. The maximum atomic E-state index is 3.71. The number of nitrogens with one attached hydrogen (secondary N) is 1. The summed E-state index contributed by atoms with van der Waals surface area (Å²) in [6.45, 7) is 4.59. The van der Waals surface area contributed by atoms with E-state index in [4.69, 9.17) is 0 Å². The SMILES string of the molecule is C1=CCC2(CCN(Cc3ccccc3)CC2)NC1. The maximum Gasteiger partial charge on any atom is 0.0243 e. The van der Waals surface area contributed by atoms with Crippen molar-refractivity contribution in [2.75, 3.05) is 19.6 Å². The second-order valence-electron chi connectivity index (χ2n) is 5.60. The molecule has 2 heteroatoms. The Morgan fingerprint density at radius 2 is 1.83 bits per heavy atom. The fourth-order valence-electron chi connectivity index (χ4n) is 3.10. The molecule has 1 fully saturated rings. The number of benzene rings is 1. The molecule has 18 heavy (non-hydrogen) atoms. The Morgan fingerprint density at radius 3 is 2.50 bits per heavy atom. The van der Waals surface area contributed by atoms with Crippen molar-refractivity contribution >= 4 is 0 Å². The third-order valence-electron chi connectivity index (χ3n) is 4.33. The average Bonchev–Trinajstić information content (AvgIpc) is 2.44. The van der Waals surface area contributed by atoms with E-state index in [-0.39, 0.29) is 0 Å². The molecule has 2 aliphatic heterocycles. The first-order chi connectivity index (χ1) is 8.86. The van der Waals surface area contributed by atoms with Gasteiger partial charge in [0.25, 0.3) is 0 Å². The first-order valence-electron chi connectivity index (χ1n) is 7.03. The van der Waals surface area contributed by atoms with Gasteiger partial charge >= 0.3 is 0 Å². The predicted molar refractivity (Wildman–Crippen MR) is 75.4 cm³/mol. The molecule has 0 bridgehead atoms. The van der Waals surface area contributed by atoms with Gasteiger partial charge in [-0.05, 0) is 24.8 Å². The number of hydrogen-bond acceptors (Lipinski definition) is 2. The Morgan fingerprint density at radius 1 is 1.06 bits per heavy atom. The quantitative estimate of drug-likeness (QED) is 0.802. The van der Waals surface area contributed by atoms with Crippen LogP contribution >= 0.6 is 0 Å². The molecule has 0 atom stereocenters. The first kappa shape index (κ1) is 11.9. The molecule has 2 nitrogen and oxygen atoms in total. The summed E-state index contributed by atoms with van der Waals surface area (Å²) in [5.41, 5.74) is 1.84. The number of likely N-dealkylation sites (tertiary alicyclic amines) is 1. The summed E-state index contributed by atoms with van der Waals surface area (Å²) in [6, 6.07) is 10.8. The van der Waals surface area contributed by atoms with Gasteiger partial charge in [-0.3, -0.25) is 4.90 Å². The minimum atomic E-state index is 0.405. The fraction of sp³-hybridized carbons (Fsp3) is 0.500. The average molecular weight is 242 g/mol. The molecule has 1 N–H and O–H groups in total. The van der Waals surface area contributed by atoms with Crippen LogP contribution in [-0.2, 0) is 6.54 Å². The molecule has 2 heterocycles. The zero-order valence-electron chi connectivity index (χ0n) is 10.9. The van der Waals surface area contributed by atoms with Crippen LogP contribution in [0.4, 0.5) is 0 Å². The van der Waals surface area contributed by atoms with Crippen molar-refractivity contribution in [1.29, 1.82) is 0 Å². The van der Waals surface area contributed by atoms with E-state index in [0.29, 0.717) is 5.54 Å². The molecule has 96 valence electrons. The molecule has 1 saturated heterocycles. The number of nitrogens with zero attached hydrogens (tertiary/aromatic N) is 1. The molecule has 1 aromatic carbocycles. The molecule has 0 aromatic heterocycles. The van der Waals surface area contributed by atoms with Gasteiger partial charge in [0.2, 0.25) is 0 Å². The van der Waals surface area contributed by atoms with E-state index in [1.54, 1.807) is 0 Å². The summed E-state index contributed by atoms with van der Waals surface area (Å²) in [5.74, 6) is 0. The molecule has 2 aliphatic rings. The summed E-state index contributed by atoms with van der Waals surface area (Å²) in [5, 5.41) is 3.71. The van der Waals surface area contributed by atoms with Crippen LogP contribution in [0, 0.1) is 0 Å². The van der Waals surface area contributed by atoms with Gasteiger partial charge < -0.3 is 5.32 Å². The molecule has 1 aromatic rings. The minimum Gasteiger partial charge on any atom is -0.307 e. The van der Waals surface area contributed by atoms with Gasteiger partial charge in [-0.15, -0.1) is 0 Å². The van der Waals surface area contributed by atoms with E-state index in [9.17, 15) is 0 Å². The molecule has 0 aliphatic carbocycles. The summed E-state index contributed by atoms with van der Waals surface area (Å²) in [6.07, 6.45) is 8.38. The largest absolute Gasteiger partial charge is 0.307 e. The molecule has 3 rings (SSSR count). The lowest BCUT2D eigenvalue weighted by atomic mass is 9.82. The van der Waals surface area contributed by atoms with Crippen LogP contribution in [0.3, 0.4) is 0 Å². The van der Waals surface area contributed by atoms with E-state index < -0.39 is 0 Å². The highest BCUT2D eigenvalue weighted by Crippen LogP contribution is 2.28. The van der Waals surface area contributed by atoms with Crippen molar-refractivity contribution in [3.8, 4) is 0 Å². The highest BCUT2D eigenvalue weighted by Gasteiger charge is 2.33. The van der Waals surface area contributed by atoms with E-state index in [2.05, 4.69) is 52.7 Å². The lowest BCUT2D eigenvalue weighted by Gasteiger charge is -2.43. The van der Waals surface area contributed by atoms with Crippen LogP contribution in [0.25, 0.3) is 0 Å². The number of piperidine rings is 1. The highest BCUT2D eigenvalue weighted by molar-refractivity contribution is 5.15. The van der Waals surface area contributed by atoms with Crippen LogP contribution in [0.2, 0.25) is 0 Å². The smallest absolute Gasteiger partial charge is 0.0243 e. The third-order valence-corrected chi connectivity index (χ3v) is 4.33. The predicted octanol–water partition coefficient (Wildman–Crippen LogP) is 2.57. The van der Waals surface area contributed by atoms with Gasteiger partial charge in [0, 0.05) is 31.7 Å². The van der Waals surface area contributed by atoms with Gasteiger partial charge in [0.1, 0.15) is 0 Å². The van der Waals surface area contributed by atoms with Crippen LogP contribution in [-0.4, -0.2) is 30.1 Å². The van der Waals surface area contributed by atoms with Crippen LogP contribution in [0.15, 0.2) is 42.5 Å². The number of rotatable bonds is 2. The van der Waals surface area contributed by atoms with Crippen molar-refractivity contribution in [3.05, 3.63) is 48.0 Å². The summed E-state index contributed by atoms with van der Waals surface area (Å²) in [7, 11) is 0. The first-order valence-corrected chi connectivity index (χ1v) is 7.03. The molecule has 0 unspecified atom stereocenters. The molecule has 1 spiro atoms. The Kier molecular flexibility index (Phi) is 3.48. The van der Waals surface area contributed by atoms with Crippen molar-refractivity contribution in [2.24, 2.45) is 0 Å². The lowest BCUT2D eigenvalue weighted by molar-refractivity contribution is 0.130. The summed E-state index contributed by atoms with van der Waals surface area (Å²) >= 11 is 0. The zero-order chi connectivity index (χ0) is 12.3. The Labute approximate surface area is 110 Å². The second-order valence-corrected chi connectivity index (χ2v) is 5.60. The fourth-order valence-corrected chi connectivity index (χ4v) is 3.10. The van der Waals surface area contributed by atoms with Crippen LogP contribution < -0.4 is 5.32 Å². The molecule has 0 amide bonds.